The minimum atomic E-state index is 0.565. The number of nitrogens with zero attached hydrogens (tertiary/aromatic N) is 3. The van der Waals surface area contributed by atoms with Gasteiger partial charge in [0.1, 0.15) is 12.1 Å². The largest absolute Gasteiger partial charge is 0.427 e. The molecule has 52 valence electrons. The molecule has 2 heterocycles. The monoisotopic (exact) mass is 137 g/mol. The van der Waals surface area contributed by atoms with Gasteiger partial charge in [0.15, 0.2) is 0 Å². The average molecular weight is 137 g/mol. The first-order valence-corrected chi connectivity index (χ1v) is 3.05. The zero-order valence-electron chi connectivity index (χ0n) is 5.83. The first-order chi connectivity index (χ1) is 4.79. The van der Waals surface area contributed by atoms with Crippen LogP contribution in [0.4, 0.5) is 0 Å². The summed E-state index contributed by atoms with van der Waals surface area (Å²) >= 11 is 0. The molecular formula is C6H7N3O. The number of hydrogen-bond acceptors (Lipinski definition) is 3. The van der Waals surface area contributed by atoms with Gasteiger partial charge in [-0.05, 0) is 13.8 Å². The number of oxazole rings is 1. The van der Waals surface area contributed by atoms with E-state index in [9.17, 15) is 0 Å². The van der Waals surface area contributed by atoms with Gasteiger partial charge in [-0.2, -0.15) is 14.6 Å². The topological polar surface area (TPSA) is 43.3 Å². The zero-order chi connectivity index (χ0) is 7.14. The molecule has 0 saturated carbocycles. The van der Waals surface area contributed by atoms with Crippen molar-refractivity contribution in [2.45, 2.75) is 13.8 Å². The smallest absolute Gasteiger partial charge is 0.324 e. The Morgan fingerprint density at radius 2 is 2.30 bits per heavy atom. The molecule has 2 aromatic rings. The second-order valence-electron chi connectivity index (χ2n) is 2.20. The number of aromatic nitrogens is 3. The van der Waals surface area contributed by atoms with E-state index in [1.165, 1.54) is 6.33 Å². The van der Waals surface area contributed by atoms with Gasteiger partial charge in [0, 0.05) is 0 Å². The van der Waals surface area contributed by atoms with Gasteiger partial charge in [-0.1, -0.05) is 0 Å². The molecule has 0 N–H and O–H groups in total. The zero-order valence-corrected chi connectivity index (χ0v) is 5.83. The van der Waals surface area contributed by atoms with E-state index in [2.05, 4.69) is 10.1 Å². The summed E-state index contributed by atoms with van der Waals surface area (Å²) in [6, 6.07) is 0. The van der Waals surface area contributed by atoms with Crippen LogP contribution in [0.25, 0.3) is 5.84 Å². The number of rotatable bonds is 0. The van der Waals surface area contributed by atoms with Crippen molar-refractivity contribution in [2.24, 2.45) is 0 Å². The minimum absolute atomic E-state index is 0.565. The van der Waals surface area contributed by atoms with Crippen LogP contribution in [0.3, 0.4) is 0 Å². The van der Waals surface area contributed by atoms with E-state index in [-0.39, 0.29) is 0 Å². The first-order valence-electron chi connectivity index (χ1n) is 3.05. The van der Waals surface area contributed by atoms with E-state index >= 15 is 0 Å². The molecule has 0 saturated heterocycles. The van der Waals surface area contributed by atoms with Gasteiger partial charge >= 0.3 is 5.84 Å². The molecule has 4 nitrogen and oxygen atoms in total. The predicted molar refractivity (Wildman–Crippen MR) is 34.7 cm³/mol. The van der Waals surface area contributed by atoms with Crippen LogP contribution in [0, 0.1) is 13.8 Å². The SMILES string of the molecule is Cc1oc2ncnn2c1C. The molecule has 0 atom stereocenters. The van der Waals surface area contributed by atoms with E-state index < -0.39 is 0 Å². The normalized spacial score (nSPS) is 11.0. The average Bonchev–Trinajstić information content (AvgIpc) is 2.41. The van der Waals surface area contributed by atoms with Crippen LogP contribution >= 0.6 is 0 Å². The summed E-state index contributed by atoms with van der Waals surface area (Å²) in [6.45, 7) is 3.84. The molecule has 0 bridgehead atoms. The summed E-state index contributed by atoms with van der Waals surface area (Å²) < 4.78 is 6.90. The Kier molecular flexibility index (Phi) is 0.869. The van der Waals surface area contributed by atoms with Crippen molar-refractivity contribution in [2.75, 3.05) is 0 Å². The van der Waals surface area contributed by atoms with Gasteiger partial charge in [-0.15, -0.1) is 0 Å². The number of fused-ring (bicyclic) bond motifs is 1. The van der Waals surface area contributed by atoms with Crippen LogP contribution < -0.4 is 0 Å². The molecule has 0 radical (unpaired) electrons. The molecule has 0 aromatic carbocycles. The van der Waals surface area contributed by atoms with Crippen LogP contribution in [0.5, 0.6) is 0 Å². The van der Waals surface area contributed by atoms with E-state index in [0.29, 0.717) is 5.84 Å². The third-order valence-corrected chi connectivity index (χ3v) is 1.59. The van der Waals surface area contributed by atoms with Crippen LogP contribution in [-0.2, 0) is 0 Å². The Morgan fingerprint density at radius 3 is 3.00 bits per heavy atom. The molecule has 0 spiro atoms. The molecule has 0 unspecified atom stereocenters. The lowest BCUT2D eigenvalue weighted by Crippen LogP contribution is -1.85. The van der Waals surface area contributed by atoms with Gasteiger partial charge in [-0.3, -0.25) is 0 Å². The van der Waals surface area contributed by atoms with Crippen molar-refractivity contribution >= 4 is 5.84 Å². The molecule has 0 aliphatic heterocycles. The summed E-state index contributed by atoms with van der Waals surface area (Å²) in [4.78, 5) is 3.89. The van der Waals surface area contributed by atoms with Crippen molar-refractivity contribution in [1.82, 2.24) is 14.6 Å². The van der Waals surface area contributed by atoms with Crippen LogP contribution in [-0.4, -0.2) is 14.6 Å². The van der Waals surface area contributed by atoms with Crippen molar-refractivity contribution in [3.63, 3.8) is 0 Å². The van der Waals surface area contributed by atoms with E-state index in [1.807, 2.05) is 13.8 Å². The fourth-order valence-corrected chi connectivity index (χ4v) is 0.891. The molecule has 0 fully saturated rings. The third-order valence-electron chi connectivity index (χ3n) is 1.59. The maximum Gasteiger partial charge on any atom is 0.324 e. The molecule has 0 aliphatic carbocycles. The first kappa shape index (κ1) is 5.46. The van der Waals surface area contributed by atoms with Crippen molar-refractivity contribution in [1.29, 1.82) is 0 Å². The standard InChI is InChI=1S/C6H7N3O/c1-4-5(2)10-6-7-3-8-9(4)6/h3H,1-2H3. The van der Waals surface area contributed by atoms with Crippen LogP contribution in [0.2, 0.25) is 0 Å². The Hall–Kier alpha value is -1.32. The lowest BCUT2D eigenvalue weighted by atomic mass is 10.4. The second-order valence-corrected chi connectivity index (χ2v) is 2.20. The molecule has 2 rings (SSSR count). The summed E-state index contributed by atoms with van der Waals surface area (Å²) in [5.41, 5.74) is 1.01. The lowest BCUT2D eigenvalue weighted by molar-refractivity contribution is 0.560. The van der Waals surface area contributed by atoms with E-state index in [1.54, 1.807) is 4.52 Å². The van der Waals surface area contributed by atoms with Crippen molar-refractivity contribution in [3.8, 4) is 0 Å². The van der Waals surface area contributed by atoms with Gasteiger partial charge < -0.3 is 4.42 Å². The Bertz CT molecular complexity index is 360. The molecule has 10 heavy (non-hydrogen) atoms. The molecule has 2 aromatic heterocycles. The highest BCUT2D eigenvalue weighted by Gasteiger charge is 2.05. The second kappa shape index (κ2) is 1.59. The highest BCUT2D eigenvalue weighted by atomic mass is 16.4. The van der Waals surface area contributed by atoms with Gasteiger partial charge in [0.2, 0.25) is 0 Å². The Balaban J connectivity index is 2.95. The summed E-state index contributed by atoms with van der Waals surface area (Å²) in [5.74, 6) is 1.44. The molecular weight excluding hydrogens is 130 g/mol. The predicted octanol–water partition coefficient (Wildman–Crippen LogP) is 0.939. The van der Waals surface area contributed by atoms with Gasteiger partial charge in [0.05, 0.1) is 5.69 Å². The maximum atomic E-state index is 5.23. The molecule has 4 heteroatoms. The van der Waals surface area contributed by atoms with Gasteiger partial charge in [-0.25, -0.2) is 0 Å². The number of hydrogen-bond donors (Lipinski definition) is 0. The highest BCUT2D eigenvalue weighted by Crippen LogP contribution is 2.10. The quantitative estimate of drug-likeness (QED) is 0.542. The maximum absolute atomic E-state index is 5.23. The summed E-state index contributed by atoms with van der Waals surface area (Å²) in [6.07, 6.45) is 1.48. The Labute approximate surface area is 57.5 Å². The fraction of sp³-hybridized carbons (Fsp3) is 0.333. The van der Waals surface area contributed by atoms with Crippen LogP contribution in [0.1, 0.15) is 11.5 Å². The van der Waals surface area contributed by atoms with Crippen LogP contribution in [0.15, 0.2) is 10.7 Å². The van der Waals surface area contributed by atoms with E-state index in [0.717, 1.165) is 11.5 Å². The molecule has 0 amide bonds. The molecule has 0 aliphatic rings. The Morgan fingerprint density at radius 1 is 1.50 bits per heavy atom. The fourth-order valence-electron chi connectivity index (χ4n) is 0.891. The minimum Gasteiger partial charge on any atom is -0.427 e. The highest BCUT2D eigenvalue weighted by molar-refractivity contribution is 5.25. The summed E-state index contributed by atoms with van der Waals surface area (Å²) in [5, 5.41) is 3.95. The number of aryl methyl sites for hydroxylation is 2. The van der Waals surface area contributed by atoms with Crippen molar-refractivity contribution < 1.29 is 4.42 Å². The summed E-state index contributed by atoms with van der Waals surface area (Å²) in [7, 11) is 0. The van der Waals surface area contributed by atoms with Crippen molar-refractivity contribution in [3.05, 3.63) is 17.8 Å². The van der Waals surface area contributed by atoms with E-state index in [4.69, 9.17) is 4.42 Å². The van der Waals surface area contributed by atoms with Gasteiger partial charge in [0.25, 0.3) is 0 Å². The third kappa shape index (κ3) is 0.504. The lowest BCUT2D eigenvalue weighted by Gasteiger charge is -1.82.